The van der Waals surface area contributed by atoms with Gasteiger partial charge in [-0.25, -0.2) is 0 Å². The molecule has 1 aliphatic carbocycles. The molecule has 1 nitrogen and oxygen atoms in total. The number of hydrogen-bond acceptors (Lipinski definition) is 1. The summed E-state index contributed by atoms with van der Waals surface area (Å²) >= 11 is 0. The van der Waals surface area contributed by atoms with Crippen molar-refractivity contribution in [3.63, 3.8) is 0 Å². The molecular formula is C12H25N. The fourth-order valence-corrected chi connectivity index (χ4v) is 3.10. The topological polar surface area (TPSA) is 12.0 Å². The van der Waals surface area contributed by atoms with Crippen LogP contribution in [0.5, 0.6) is 0 Å². The van der Waals surface area contributed by atoms with Crippen LogP contribution in [0.25, 0.3) is 0 Å². The molecule has 0 aromatic heterocycles. The van der Waals surface area contributed by atoms with Gasteiger partial charge in [0, 0.05) is 6.04 Å². The van der Waals surface area contributed by atoms with Crippen LogP contribution in [-0.4, -0.2) is 13.1 Å². The molecule has 78 valence electrons. The third-order valence-corrected chi connectivity index (χ3v) is 4.78. The van der Waals surface area contributed by atoms with Gasteiger partial charge in [-0.3, -0.25) is 0 Å². The van der Waals surface area contributed by atoms with Crippen molar-refractivity contribution in [1.82, 2.24) is 5.32 Å². The lowest BCUT2D eigenvalue weighted by Gasteiger charge is -2.47. The molecule has 0 radical (unpaired) electrons. The van der Waals surface area contributed by atoms with Crippen LogP contribution in [-0.2, 0) is 0 Å². The van der Waals surface area contributed by atoms with Crippen LogP contribution < -0.4 is 5.32 Å². The molecular weight excluding hydrogens is 158 g/mol. The van der Waals surface area contributed by atoms with Crippen molar-refractivity contribution in [3.8, 4) is 0 Å². The summed E-state index contributed by atoms with van der Waals surface area (Å²) < 4.78 is 0. The van der Waals surface area contributed by atoms with E-state index < -0.39 is 0 Å². The van der Waals surface area contributed by atoms with Gasteiger partial charge in [0.15, 0.2) is 0 Å². The average Bonchev–Trinajstić information content (AvgIpc) is 2.13. The van der Waals surface area contributed by atoms with E-state index in [1.807, 2.05) is 0 Å². The van der Waals surface area contributed by atoms with E-state index in [4.69, 9.17) is 0 Å². The van der Waals surface area contributed by atoms with E-state index in [9.17, 15) is 0 Å². The second-order valence-corrected chi connectivity index (χ2v) is 5.11. The van der Waals surface area contributed by atoms with Crippen LogP contribution in [0.1, 0.15) is 34.6 Å². The summed E-state index contributed by atoms with van der Waals surface area (Å²) in [6.07, 6.45) is 0. The molecule has 1 heteroatoms. The molecule has 0 spiro atoms. The summed E-state index contributed by atoms with van der Waals surface area (Å²) in [4.78, 5) is 0. The molecule has 1 saturated carbocycles. The van der Waals surface area contributed by atoms with Gasteiger partial charge in [-0.1, -0.05) is 34.6 Å². The van der Waals surface area contributed by atoms with Crippen LogP contribution in [0.4, 0.5) is 0 Å². The fraction of sp³-hybridized carbons (Fsp3) is 1.00. The average molecular weight is 183 g/mol. The molecule has 4 unspecified atom stereocenters. The quantitative estimate of drug-likeness (QED) is 0.659. The summed E-state index contributed by atoms with van der Waals surface area (Å²) in [5.41, 5.74) is 0. The van der Waals surface area contributed by atoms with Crippen molar-refractivity contribution in [2.75, 3.05) is 7.05 Å². The minimum atomic E-state index is 0.709. The van der Waals surface area contributed by atoms with Crippen molar-refractivity contribution >= 4 is 0 Å². The molecule has 1 fully saturated rings. The summed E-state index contributed by atoms with van der Waals surface area (Å²) in [6, 6.07) is 0.709. The predicted octanol–water partition coefficient (Wildman–Crippen LogP) is 2.77. The van der Waals surface area contributed by atoms with E-state index in [0.717, 1.165) is 29.6 Å². The Morgan fingerprint density at radius 3 is 1.23 bits per heavy atom. The lowest BCUT2D eigenvalue weighted by molar-refractivity contribution is 0.0485. The maximum absolute atomic E-state index is 3.48. The van der Waals surface area contributed by atoms with E-state index in [1.165, 1.54) is 0 Å². The van der Waals surface area contributed by atoms with Crippen molar-refractivity contribution < 1.29 is 0 Å². The Kier molecular flexibility index (Phi) is 3.39. The Labute approximate surface area is 83.3 Å². The molecule has 1 rings (SSSR count). The van der Waals surface area contributed by atoms with Gasteiger partial charge in [0.1, 0.15) is 0 Å². The highest BCUT2D eigenvalue weighted by atomic mass is 14.9. The largest absolute Gasteiger partial charge is 0.316 e. The lowest BCUT2D eigenvalue weighted by Crippen LogP contribution is -2.50. The maximum Gasteiger partial charge on any atom is 0.0121 e. The van der Waals surface area contributed by atoms with Gasteiger partial charge in [-0.15, -0.1) is 0 Å². The van der Waals surface area contributed by atoms with Crippen LogP contribution in [0.15, 0.2) is 0 Å². The lowest BCUT2D eigenvalue weighted by atomic mass is 9.62. The predicted molar refractivity (Wildman–Crippen MR) is 58.7 cm³/mol. The molecule has 1 N–H and O–H groups in total. The van der Waals surface area contributed by atoms with Gasteiger partial charge < -0.3 is 5.32 Å². The monoisotopic (exact) mass is 183 g/mol. The normalized spacial score (nSPS) is 52.2. The Morgan fingerprint density at radius 1 is 0.615 bits per heavy atom. The molecule has 1 aliphatic rings. The highest BCUT2D eigenvalue weighted by Crippen LogP contribution is 2.41. The molecule has 0 aliphatic heterocycles. The molecule has 13 heavy (non-hydrogen) atoms. The first-order valence-corrected chi connectivity index (χ1v) is 5.68. The molecule has 0 saturated heterocycles. The van der Waals surface area contributed by atoms with E-state index in [0.29, 0.717) is 6.04 Å². The highest BCUT2D eigenvalue weighted by Gasteiger charge is 2.40. The SMILES string of the molecule is CNC1C(C)C(C)C(C)C(C)C1C. The summed E-state index contributed by atoms with van der Waals surface area (Å²) in [5.74, 6) is 4.19. The minimum Gasteiger partial charge on any atom is -0.316 e. The first-order chi connectivity index (χ1) is 6.00. The van der Waals surface area contributed by atoms with Gasteiger partial charge >= 0.3 is 0 Å². The smallest absolute Gasteiger partial charge is 0.0121 e. The molecule has 0 aromatic carbocycles. The van der Waals surface area contributed by atoms with Crippen molar-refractivity contribution in [2.24, 2.45) is 29.6 Å². The Bertz CT molecular complexity index is 151. The molecule has 0 amide bonds. The second kappa shape index (κ2) is 4.00. The Morgan fingerprint density at radius 2 is 0.923 bits per heavy atom. The molecule has 4 atom stereocenters. The Hall–Kier alpha value is -0.0400. The molecule has 0 bridgehead atoms. The first-order valence-electron chi connectivity index (χ1n) is 5.68. The first kappa shape index (κ1) is 11.0. The zero-order valence-electron chi connectivity index (χ0n) is 9.96. The molecule has 0 heterocycles. The van der Waals surface area contributed by atoms with Crippen molar-refractivity contribution in [3.05, 3.63) is 0 Å². The van der Waals surface area contributed by atoms with Crippen LogP contribution in [0, 0.1) is 29.6 Å². The van der Waals surface area contributed by atoms with Crippen molar-refractivity contribution in [1.29, 1.82) is 0 Å². The summed E-state index contributed by atoms with van der Waals surface area (Å²) in [5, 5.41) is 3.48. The second-order valence-electron chi connectivity index (χ2n) is 5.11. The number of nitrogens with one attached hydrogen (secondary N) is 1. The number of hydrogen-bond donors (Lipinski definition) is 1. The zero-order chi connectivity index (χ0) is 10.2. The maximum atomic E-state index is 3.48. The van der Waals surface area contributed by atoms with Crippen molar-refractivity contribution in [2.45, 2.75) is 40.7 Å². The minimum absolute atomic E-state index is 0.709. The van der Waals surface area contributed by atoms with E-state index >= 15 is 0 Å². The van der Waals surface area contributed by atoms with Crippen LogP contribution in [0.2, 0.25) is 0 Å². The Balaban J connectivity index is 2.79. The highest BCUT2D eigenvalue weighted by molar-refractivity contribution is 4.92. The van der Waals surface area contributed by atoms with Gasteiger partial charge in [0.05, 0.1) is 0 Å². The van der Waals surface area contributed by atoms with Crippen LogP contribution in [0.3, 0.4) is 0 Å². The molecule has 0 aromatic rings. The van der Waals surface area contributed by atoms with Gasteiger partial charge in [-0.2, -0.15) is 0 Å². The summed E-state index contributed by atoms with van der Waals surface area (Å²) in [7, 11) is 2.10. The van der Waals surface area contributed by atoms with E-state index in [-0.39, 0.29) is 0 Å². The fourth-order valence-electron chi connectivity index (χ4n) is 3.10. The number of rotatable bonds is 1. The van der Waals surface area contributed by atoms with Gasteiger partial charge in [0.2, 0.25) is 0 Å². The van der Waals surface area contributed by atoms with Gasteiger partial charge in [0.25, 0.3) is 0 Å². The third-order valence-electron chi connectivity index (χ3n) is 4.78. The van der Waals surface area contributed by atoms with E-state index in [1.54, 1.807) is 0 Å². The van der Waals surface area contributed by atoms with Crippen LogP contribution >= 0.6 is 0 Å². The standard InChI is InChI=1S/C12H25N/c1-7-8(2)10(4)12(13-6)11(5)9(7)3/h7-13H,1-6H3. The third kappa shape index (κ3) is 1.76. The van der Waals surface area contributed by atoms with Gasteiger partial charge in [-0.05, 0) is 36.6 Å². The zero-order valence-corrected chi connectivity index (χ0v) is 9.96. The summed E-state index contributed by atoms with van der Waals surface area (Å²) in [6.45, 7) is 12.0. The van der Waals surface area contributed by atoms with E-state index in [2.05, 4.69) is 47.0 Å².